The van der Waals surface area contributed by atoms with Crippen LogP contribution in [0.25, 0.3) is 22.3 Å². The summed E-state index contributed by atoms with van der Waals surface area (Å²) < 4.78 is 44.4. The van der Waals surface area contributed by atoms with Gasteiger partial charge in [-0.05, 0) is 50.1 Å². The van der Waals surface area contributed by atoms with Gasteiger partial charge in [-0.3, -0.25) is 14.0 Å². The van der Waals surface area contributed by atoms with E-state index in [0.717, 1.165) is 29.2 Å². The minimum atomic E-state index is -4.64. The van der Waals surface area contributed by atoms with Crippen molar-refractivity contribution in [1.82, 2.24) is 29.5 Å². The van der Waals surface area contributed by atoms with E-state index in [1.807, 2.05) is 24.3 Å². The van der Waals surface area contributed by atoms with Crippen molar-refractivity contribution in [2.75, 3.05) is 13.1 Å². The number of hydrogen-bond donors (Lipinski definition) is 3. The molecule has 228 valence electrons. The summed E-state index contributed by atoms with van der Waals surface area (Å²) in [6.45, 7) is 2.94. The van der Waals surface area contributed by atoms with Gasteiger partial charge in [0.1, 0.15) is 0 Å². The van der Waals surface area contributed by atoms with Crippen molar-refractivity contribution in [3.63, 3.8) is 0 Å². The number of hydrogen-bond acceptors (Lipinski definition) is 5. The maximum Gasteiger partial charge on any atom is 0.417 e. The third kappa shape index (κ3) is 5.83. The summed E-state index contributed by atoms with van der Waals surface area (Å²) in [5.74, 6) is -0.135. The van der Waals surface area contributed by atoms with E-state index in [-0.39, 0.29) is 42.3 Å². The van der Waals surface area contributed by atoms with E-state index in [1.165, 1.54) is 19.1 Å². The highest BCUT2D eigenvalue weighted by Crippen LogP contribution is 2.39. The molecule has 0 aliphatic carbocycles. The smallest absolute Gasteiger partial charge is 0.391 e. The molecule has 4 heterocycles. The molecule has 2 aromatic carbocycles. The maximum atomic E-state index is 13.6. The summed E-state index contributed by atoms with van der Waals surface area (Å²) in [5, 5.41) is 18.9. The molecule has 13 heteroatoms. The average Bonchev–Trinajstić information content (AvgIpc) is 3.49. The van der Waals surface area contributed by atoms with Gasteiger partial charge >= 0.3 is 11.9 Å². The van der Waals surface area contributed by atoms with Gasteiger partial charge in [0.15, 0.2) is 0 Å². The molecule has 2 aromatic heterocycles. The minimum absolute atomic E-state index is 0.0311. The first kappa shape index (κ1) is 29.5. The highest BCUT2D eigenvalue weighted by atomic mass is 35.5. The molecule has 2 aliphatic heterocycles. The van der Waals surface area contributed by atoms with Gasteiger partial charge in [-0.1, -0.05) is 29.8 Å². The van der Waals surface area contributed by atoms with E-state index in [1.54, 1.807) is 14.1 Å². The van der Waals surface area contributed by atoms with E-state index in [9.17, 15) is 27.9 Å². The highest BCUT2D eigenvalue weighted by molar-refractivity contribution is 6.31. The topological polar surface area (TPSA) is 108 Å². The number of rotatable bonds is 6. The Kier molecular flexibility index (Phi) is 7.86. The Morgan fingerprint density at radius 3 is 2.79 bits per heavy atom. The van der Waals surface area contributed by atoms with Crippen molar-refractivity contribution in [2.45, 2.75) is 70.1 Å². The lowest BCUT2D eigenvalue weighted by Gasteiger charge is -2.32. The van der Waals surface area contributed by atoms with Crippen LogP contribution in [-0.4, -0.2) is 60.5 Å². The zero-order valence-corrected chi connectivity index (χ0v) is 24.3. The van der Waals surface area contributed by atoms with Gasteiger partial charge in [0.25, 0.3) is 0 Å². The number of aliphatic hydroxyl groups excluding tert-OH is 1. The first-order chi connectivity index (χ1) is 20.5. The second-order valence-corrected chi connectivity index (χ2v) is 11.8. The fourth-order valence-electron chi connectivity index (χ4n) is 6.47. The van der Waals surface area contributed by atoms with Crippen LogP contribution in [0.15, 0.2) is 47.3 Å². The van der Waals surface area contributed by atoms with Gasteiger partial charge in [-0.15, -0.1) is 0 Å². The zero-order valence-electron chi connectivity index (χ0n) is 23.5. The number of imidazole rings is 1. The van der Waals surface area contributed by atoms with Crippen LogP contribution in [-0.2, 0) is 30.5 Å². The van der Waals surface area contributed by atoms with Crippen LogP contribution >= 0.6 is 11.6 Å². The fourth-order valence-corrected chi connectivity index (χ4v) is 6.69. The van der Waals surface area contributed by atoms with Crippen LogP contribution in [0, 0.1) is 0 Å². The van der Waals surface area contributed by atoms with Crippen molar-refractivity contribution < 1.29 is 23.1 Å². The predicted octanol–water partition coefficient (Wildman–Crippen LogP) is 4.51. The average molecular weight is 617 g/mol. The monoisotopic (exact) mass is 616 g/mol. The number of benzene rings is 2. The first-order valence-electron chi connectivity index (χ1n) is 14.3. The van der Waals surface area contributed by atoms with Crippen LogP contribution in [0.2, 0.25) is 5.02 Å². The van der Waals surface area contributed by atoms with Gasteiger partial charge in [-0.2, -0.15) is 18.3 Å². The molecule has 43 heavy (non-hydrogen) atoms. The molecule has 1 amide bonds. The molecule has 1 saturated heterocycles. The number of amides is 1. The number of carbonyl (C=O) groups excluding carboxylic acids is 1. The van der Waals surface area contributed by atoms with Gasteiger partial charge in [0, 0.05) is 55.3 Å². The molecule has 4 aromatic rings. The van der Waals surface area contributed by atoms with E-state index in [2.05, 4.69) is 15.4 Å². The quantitative estimate of drug-likeness (QED) is 0.295. The molecule has 0 bridgehead atoms. The molecule has 3 atom stereocenters. The number of piperidine rings is 1. The summed E-state index contributed by atoms with van der Waals surface area (Å²) in [6.07, 6.45) is -3.16. The summed E-state index contributed by atoms with van der Waals surface area (Å²) in [6, 6.07) is 11.2. The molecule has 0 spiro atoms. The lowest BCUT2D eigenvalue weighted by molar-refractivity contribution is -0.137. The predicted molar refractivity (Wildman–Crippen MR) is 156 cm³/mol. The second-order valence-electron chi connectivity index (χ2n) is 11.4. The number of aromatic nitrogens is 4. The van der Waals surface area contributed by atoms with Crippen LogP contribution in [0.5, 0.6) is 0 Å². The van der Waals surface area contributed by atoms with E-state index >= 15 is 0 Å². The Labute approximate surface area is 250 Å². The second kappa shape index (κ2) is 11.5. The van der Waals surface area contributed by atoms with Gasteiger partial charge < -0.3 is 20.3 Å². The summed E-state index contributed by atoms with van der Waals surface area (Å²) in [5.41, 5.74) is 2.56. The summed E-state index contributed by atoms with van der Waals surface area (Å²) >= 11 is 5.87. The van der Waals surface area contributed by atoms with Crippen LogP contribution in [0.1, 0.15) is 49.0 Å². The largest absolute Gasteiger partial charge is 0.417 e. The van der Waals surface area contributed by atoms with Crippen molar-refractivity contribution in [3.05, 3.63) is 74.8 Å². The zero-order chi connectivity index (χ0) is 30.5. The molecular formula is C30H32ClF3N6O3. The number of fused-ring (bicyclic) bond motifs is 2. The number of aromatic amines is 1. The molecule has 9 nitrogen and oxygen atoms in total. The number of nitrogens with zero attached hydrogens (tertiary/aromatic N) is 4. The van der Waals surface area contributed by atoms with Crippen LogP contribution in [0.4, 0.5) is 13.2 Å². The third-order valence-corrected chi connectivity index (χ3v) is 8.85. The lowest BCUT2D eigenvalue weighted by Crippen LogP contribution is -2.43. The Balaban J connectivity index is 1.24. The molecule has 0 saturated carbocycles. The summed E-state index contributed by atoms with van der Waals surface area (Å²) in [7, 11) is 0. The van der Waals surface area contributed by atoms with Crippen LogP contribution < -0.4 is 11.0 Å². The lowest BCUT2D eigenvalue weighted by atomic mass is 9.94. The van der Waals surface area contributed by atoms with Crippen molar-refractivity contribution in [3.8, 4) is 11.3 Å². The SMILES string of the molecule is CC(=O)N1CCc2c(c(-c3ccc(Cl)c(C(F)(F)F)c3)nn2CC(O)CC2CC(n3c(=O)[nH]c4ccccc43)CCN2)C1. The molecule has 6 rings (SSSR count). The van der Waals surface area contributed by atoms with E-state index in [4.69, 9.17) is 11.6 Å². The summed E-state index contributed by atoms with van der Waals surface area (Å²) in [4.78, 5) is 29.5. The first-order valence-corrected chi connectivity index (χ1v) is 14.7. The highest BCUT2D eigenvalue weighted by Gasteiger charge is 2.35. The minimum Gasteiger partial charge on any atom is -0.391 e. The Hall–Kier alpha value is -3.61. The van der Waals surface area contributed by atoms with Gasteiger partial charge in [-0.25, -0.2) is 4.79 Å². The molecule has 1 fully saturated rings. The van der Waals surface area contributed by atoms with Gasteiger partial charge in [0.2, 0.25) is 5.91 Å². The molecular weight excluding hydrogens is 585 g/mol. The number of alkyl halides is 3. The Morgan fingerprint density at radius 2 is 2.02 bits per heavy atom. The molecule has 0 radical (unpaired) electrons. The van der Waals surface area contributed by atoms with E-state index in [0.29, 0.717) is 43.6 Å². The van der Waals surface area contributed by atoms with E-state index < -0.39 is 22.9 Å². The molecule has 3 unspecified atom stereocenters. The van der Waals surface area contributed by atoms with Crippen molar-refractivity contribution in [1.29, 1.82) is 0 Å². The molecule has 2 aliphatic rings. The standard InChI is InChI=1S/C30H32ClF3N6O3/c1-17(41)38-11-9-26-22(16-38)28(18-6-7-24(31)23(12-18)30(32,33)34)37-39(26)15-21(42)14-19-13-20(8-10-35-19)40-27-5-3-2-4-25(27)36-29(40)43/h2-7,12,19-21,35,42H,8-11,13-16H2,1H3,(H,36,43). The van der Waals surface area contributed by atoms with Gasteiger partial charge in [0.05, 0.1) is 40.0 Å². The number of H-pyrrole nitrogens is 1. The number of nitrogens with one attached hydrogen (secondary N) is 2. The fraction of sp³-hybridized carbons (Fsp3) is 0.433. The third-order valence-electron chi connectivity index (χ3n) is 8.52. The maximum absolute atomic E-state index is 13.6. The normalized spacial score (nSPS) is 19.9. The number of para-hydroxylation sites is 2. The van der Waals surface area contributed by atoms with Crippen LogP contribution in [0.3, 0.4) is 0 Å². The molecule has 3 N–H and O–H groups in total. The number of carbonyl (C=O) groups is 1. The number of halogens is 4. The number of aliphatic hydroxyl groups is 1. The van der Waals surface area contributed by atoms with Crippen molar-refractivity contribution >= 4 is 28.5 Å². The van der Waals surface area contributed by atoms with Crippen molar-refractivity contribution in [2.24, 2.45) is 0 Å². The Morgan fingerprint density at radius 1 is 1.23 bits per heavy atom. The Bertz CT molecular complexity index is 1730.